The quantitative estimate of drug-likeness (QED) is 0.277. The molecule has 1 radical (unpaired) electrons. The number of unbranched alkanes of at least 4 members (excludes halogenated alkanes) is 9. The van der Waals surface area contributed by atoms with Gasteiger partial charge in [0.1, 0.15) is 0 Å². The Morgan fingerprint density at radius 2 is 1.12 bits per heavy atom. The highest BCUT2D eigenvalue weighted by atomic mass is 14.0. The molecular weight excluding hydrogens is 204 g/mol. The minimum atomic E-state index is 0.938. The van der Waals surface area contributed by atoms with Gasteiger partial charge in [-0.15, -0.1) is 0 Å². The highest BCUT2D eigenvalue weighted by Gasteiger charge is 1.91. The smallest absolute Gasteiger partial charge is 0.0351 e. The van der Waals surface area contributed by atoms with Gasteiger partial charge < -0.3 is 0 Å². The topological polar surface area (TPSA) is 0 Å². The van der Waals surface area contributed by atoms with Crippen molar-refractivity contribution < 1.29 is 0 Å². The van der Waals surface area contributed by atoms with Gasteiger partial charge in [-0.05, 0) is 46.0 Å². The first-order valence-corrected chi connectivity index (χ1v) is 7.47. The predicted octanol–water partition coefficient (Wildman–Crippen LogP) is 6.24. The van der Waals surface area contributed by atoms with Crippen molar-refractivity contribution in [1.29, 1.82) is 0 Å². The van der Waals surface area contributed by atoms with Crippen molar-refractivity contribution >= 4 is 0 Å². The summed E-state index contributed by atoms with van der Waals surface area (Å²) < 4.78 is 0. The molecule has 0 aliphatic rings. The van der Waals surface area contributed by atoms with Gasteiger partial charge >= 0.3 is 0 Å². The third kappa shape index (κ3) is 15.5. The van der Waals surface area contributed by atoms with Crippen molar-refractivity contribution in [3.63, 3.8) is 0 Å². The van der Waals surface area contributed by atoms with Gasteiger partial charge in [0, 0.05) is 0 Å². The molecule has 0 heterocycles. The van der Waals surface area contributed by atoms with Crippen molar-refractivity contribution in [2.45, 2.75) is 77.6 Å². The minimum absolute atomic E-state index is 0.938. The molecule has 99 valence electrons. The summed E-state index contributed by atoms with van der Waals surface area (Å²) in [5.74, 6) is 0. The molecule has 0 amide bonds. The van der Waals surface area contributed by atoms with E-state index in [1.54, 1.807) is 0 Å². The summed E-state index contributed by atoms with van der Waals surface area (Å²) in [6.07, 6.45) is 23.6. The summed E-state index contributed by atoms with van der Waals surface area (Å²) in [5, 5.41) is 0. The van der Waals surface area contributed by atoms with Gasteiger partial charge in [-0.2, -0.15) is 0 Å². The SMILES string of the molecule is [CH2]CC=CCCCCCCCCCCC=CC. The lowest BCUT2D eigenvalue weighted by Crippen LogP contribution is -1.81. The normalized spacial score (nSPS) is 11.9. The van der Waals surface area contributed by atoms with Crippen LogP contribution in [0.25, 0.3) is 0 Å². The number of hydrogen-bond acceptors (Lipinski definition) is 0. The van der Waals surface area contributed by atoms with Crippen LogP contribution in [0.2, 0.25) is 0 Å². The Kier molecular flexibility index (Phi) is 15.0. The summed E-state index contributed by atoms with van der Waals surface area (Å²) in [7, 11) is 0. The fraction of sp³-hybridized carbons (Fsp3) is 0.706. The molecule has 0 bridgehead atoms. The van der Waals surface area contributed by atoms with Crippen molar-refractivity contribution in [2.75, 3.05) is 0 Å². The summed E-state index contributed by atoms with van der Waals surface area (Å²) in [4.78, 5) is 0. The zero-order valence-corrected chi connectivity index (χ0v) is 11.8. The Labute approximate surface area is 109 Å². The number of hydrogen-bond donors (Lipinski definition) is 0. The molecule has 0 aliphatic heterocycles. The van der Waals surface area contributed by atoms with E-state index in [1.165, 1.54) is 64.2 Å². The molecule has 0 saturated carbocycles. The first-order chi connectivity index (χ1) is 8.41. The van der Waals surface area contributed by atoms with E-state index in [-0.39, 0.29) is 0 Å². The van der Waals surface area contributed by atoms with E-state index in [9.17, 15) is 0 Å². The molecule has 0 aromatic heterocycles. The van der Waals surface area contributed by atoms with Crippen LogP contribution in [0.15, 0.2) is 24.3 Å². The van der Waals surface area contributed by atoms with Crippen LogP contribution >= 0.6 is 0 Å². The molecule has 17 heavy (non-hydrogen) atoms. The molecule has 0 saturated heterocycles. The van der Waals surface area contributed by atoms with E-state index >= 15 is 0 Å². The average molecular weight is 235 g/mol. The first kappa shape index (κ1) is 16.5. The molecule has 0 fully saturated rings. The Morgan fingerprint density at radius 1 is 0.647 bits per heavy atom. The van der Waals surface area contributed by atoms with Crippen LogP contribution in [0.4, 0.5) is 0 Å². The Hall–Kier alpha value is -0.520. The van der Waals surface area contributed by atoms with Gasteiger partial charge in [0.15, 0.2) is 0 Å². The molecule has 0 atom stereocenters. The van der Waals surface area contributed by atoms with Crippen molar-refractivity contribution in [1.82, 2.24) is 0 Å². The van der Waals surface area contributed by atoms with E-state index < -0.39 is 0 Å². The summed E-state index contributed by atoms with van der Waals surface area (Å²) in [6.45, 7) is 5.89. The fourth-order valence-electron chi connectivity index (χ4n) is 1.99. The molecule has 0 unspecified atom stereocenters. The maximum atomic E-state index is 3.79. The maximum Gasteiger partial charge on any atom is -0.0351 e. The molecule has 0 aromatic carbocycles. The summed E-state index contributed by atoms with van der Waals surface area (Å²) in [5.41, 5.74) is 0. The van der Waals surface area contributed by atoms with Gasteiger partial charge in [-0.1, -0.05) is 62.8 Å². The van der Waals surface area contributed by atoms with Crippen LogP contribution in [0.1, 0.15) is 77.6 Å². The molecule has 0 spiro atoms. The van der Waals surface area contributed by atoms with Crippen LogP contribution in [0.3, 0.4) is 0 Å². The van der Waals surface area contributed by atoms with Gasteiger partial charge in [0.2, 0.25) is 0 Å². The van der Waals surface area contributed by atoms with E-state index in [1.807, 2.05) is 0 Å². The largest absolute Gasteiger partial charge is 0.0917 e. The lowest BCUT2D eigenvalue weighted by atomic mass is 10.1. The maximum absolute atomic E-state index is 3.79. The minimum Gasteiger partial charge on any atom is -0.0917 e. The van der Waals surface area contributed by atoms with E-state index in [4.69, 9.17) is 0 Å². The molecule has 0 rings (SSSR count). The Morgan fingerprint density at radius 3 is 1.59 bits per heavy atom. The highest BCUT2D eigenvalue weighted by molar-refractivity contribution is 4.81. The molecular formula is C17H31. The summed E-state index contributed by atoms with van der Waals surface area (Å²) >= 11 is 0. The van der Waals surface area contributed by atoms with Crippen molar-refractivity contribution in [2.24, 2.45) is 0 Å². The zero-order valence-electron chi connectivity index (χ0n) is 11.8. The van der Waals surface area contributed by atoms with E-state index in [0.717, 1.165) is 6.42 Å². The zero-order chi connectivity index (χ0) is 12.6. The van der Waals surface area contributed by atoms with Crippen LogP contribution < -0.4 is 0 Å². The van der Waals surface area contributed by atoms with Gasteiger partial charge in [-0.3, -0.25) is 0 Å². The van der Waals surface area contributed by atoms with Crippen LogP contribution in [-0.4, -0.2) is 0 Å². The van der Waals surface area contributed by atoms with E-state index in [0.29, 0.717) is 0 Å². The average Bonchev–Trinajstić information content (AvgIpc) is 2.35. The van der Waals surface area contributed by atoms with Gasteiger partial charge in [0.05, 0.1) is 0 Å². The Balaban J connectivity index is 2.96. The van der Waals surface area contributed by atoms with Crippen LogP contribution in [0, 0.1) is 6.92 Å². The second kappa shape index (κ2) is 15.5. The van der Waals surface area contributed by atoms with Crippen LogP contribution in [0.5, 0.6) is 0 Å². The lowest BCUT2D eigenvalue weighted by Gasteiger charge is -2.00. The van der Waals surface area contributed by atoms with Crippen molar-refractivity contribution in [3.05, 3.63) is 31.2 Å². The third-order valence-corrected chi connectivity index (χ3v) is 3.06. The van der Waals surface area contributed by atoms with Crippen LogP contribution in [-0.2, 0) is 0 Å². The second-order valence-electron chi connectivity index (χ2n) is 4.73. The highest BCUT2D eigenvalue weighted by Crippen LogP contribution is 2.11. The molecule has 0 nitrogen and oxygen atoms in total. The van der Waals surface area contributed by atoms with Gasteiger partial charge in [-0.25, -0.2) is 0 Å². The third-order valence-electron chi connectivity index (χ3n) is 3.06. The number of allylic oxidation sites excluding steroid dienone is 4. The number of rotatable bonds is 12. The predicted molar refractivity (Wildman–Crippen MR) is 80.1 cm³/mol. The standard InChI is InChI=1S/C17H31/c1-3-5-7-9-11-13-15-17-16-14-12-10-8-6-4-2/h4-7H,1,3,8-17H2,2H3. The molecule has 0 aliphatic carbocycles. The van der Waals surface area contributed by atoms with Crippen molar-refractivity contribution in [3.8, 4) is 0 Å². The molecule has 0 aromatic rings. The lowest BCUT2D eigenvalue weighted by molar-refractivity contribution is 0.571. The molecule has 0 N–H and O–H groups in total. The first-order valence-electron chi connectivity index (χ1n) is 7.47. The Bertz CT molecular complexity index is 176. The van der Waals surface area contributed by atoms with E-state index in [2.05, 4.69) is 38.2 Å². The van der Waals surface area contributed by atoms with Gasteiger partial charge in [0.25, 0.3) is 0 Å². The molecule has 0 heteroatoms. The fourth-order valence-corrected chi connectivity index (χ4v) is 1.99. The second-order valence-corrected chi connectivity index (χ2v) is 4.73. The monoisotopic (exact) mass is 235 g/mol. The summed E-state index contributed by atoms with van der Waals surface area (Å²) in [6, 6.07) is 0.